The molecule has 0 radical (unpaired) electrons. The summed E-state index contributed by atoms with van der Waals surface area (Å²) in [4.78, 5) is 30.3. The minimum absolute atomic E-state index is 0.167. The molecular formula is C22H16N2O3S. The van der Waals surface area contributed by atoms with Gasteiger partial charge in [0.25, 0.3) is 5.91 Å². The monoisotopic (exact) mass is 388 g/mol. The Morgan fingerprint density at radius 3 is 2.57 bits per heavy atom. The first kappa shape index (κ1) is 18.0. The molecule has 1 amide bonds. The zero-order valence-corrected chi connectivity index (χ0v) is 15.8. The number of hydrogen-bond donors (Lipinski definition) is 1. The summed E-state index contributed by atoms with van der Waals surface area (Å²) >= 11 is 1.64. The number of amides is 1. The predicted molar refractivity (Wildman–Crippen MR) is 112 cm³/mol. The van der Waals surface area contributed by atoms with Gasteiger partial charge in [-0.3, -0.25) is 14.6 Å². The van der Waals surface area contributed by atoms with Crippen LogP contribution in [0.5, 0.6) is 0 Å². The number of carbonyl (C=O) groups excluding carboxylic acids is 1. The van der Waals surface area contributed by atoms with E-state index in [-0.39, 0.29) is 17.0 Å². The molecule has 6 heteroatoms. The van der Waals surface area contributed by atoms with Crippen LogP contribution in [0.3, 0.4) is 0 Å². The summed E-state index contributed by atoms with van der Waals surface area (Å²) in [5.74, 6) is 0.0789. The number of nitrogens with zero attached hydrogens (tertiary/aromatic N) is 1. The number of aromatic nitrogens is 1. The van der Waals surface area contributed by atoms with Crippen molar-refractivity contribution >= 4 is 34.3 Å². The second-order valence-electron chi connectivity index (χ2n) is 6.05. The normalized spacial score (nSPS) is 10.8. The quantitative estimate of drug-likeness (QED) is 0.507. The first-order valence-electron chi connectivity index (χ1n) is 8.59. The largest absolute Gasteiger partial charge is 0.454 e. The fourth-order valence-electron chi connectivity index (χ4n) is 2.86. The molecule has 0 fully saturated rings. The van der Waals surface area contributed by atoms with Crippen molar-refractivity contribution in [1.29, 1.82) is 0 Å². The van der Waals surface area contributed by atoms with E-state index in [1.807, 2.05) is 30.5 Å². The highest BCUT2D eigenvalue weighted by molar-refractivity contribution is 7.98. The minimum atomic E-state index is -0.370. The lowest BCUT2D eigenvalue weighted by atomic mass is 10.1. The van der Waals surface area contributed by atoms with E-state index in [2.05, 4.69) is 10.3 Å². The molecule has 5 nitrogen and oxygen atoms in total. The summed E-state index contributed by atoms with van der Waals surface area (Å²) in [6.07, 6.45) is 3.55. The van der Waals surface area contributed by atoms with Crippen LogP contribution >= 0.6 is 11.8 Å². The Hall–Kier alpha value is -3.38. The third kappa shape index (κ3) is 3.54. The first-order valence-corrected chi connectivity index (χ1v) is 9.82. The van der Waals surface area contributed by atoms with Crippen LogP contribution in [0.4, 0.5) is 5.69 Å². The van der Waals surface area contributed by atoms with Crippen molar-refractivity contribution in [2.24, 2.45) is 0 Å². The fourth-order valence-corrected chi connectivity index (χ4v) is 3.26. The Balaban J connectivity index is 1.78. The summed E-state index contributed by atoms with van der Waals surface area (Å²) in [5.41, 5.74) is 1.67. The number of pyridine rings is 1. The zero-order valence-electron chi connectivity index (χ0n) is 15.0. The summed E-state index contributed by atoms with van der Waals surface area (Å²) in [6, 6.07) is 19.4. The molecule has 138 valence electrons. The van der Waals surface area contributed by atoms with E-state index in [1.54, 1.807) is 54.4 Å². The van der Waals surface area contributed by atoms with Gasteiger partial charge < -0.3 is 9.73 Å². The molecule has 4 rings (SSSR count). The highest BCUT2D eigenvalue weighted by Gasteiger charge is 2.14. The molecule has 0 spiro atoms. The van der Waals surface area contributed by atoms with Gasteiger partial charge in [-0.1, -0.05) is 24.3 Å². The number of hydrogen-bond acceptors (Lipinski definition) is 5. The number of fused-ring (bicyclic) bond motifs is 1. The van der Waals surface area contributed by atoms with E-state index in [0.29, 0.717) is 22.4 Å². The maximum Gasteiger partial charge on any atom is 0.274 e. The second kappa shape index (κ2) is 7.70. The highest BCUT2D eigenvalue weighted by atomic mass is 32.2. The second-order valence-corrected chi connectivity index (χ2v) is 6.93. The van der Waals surface area contributed by atoms with E-state index < -0.39 is 0 Å². The van der Waals surface area contributed by atoms with Gasteiger partial charge in [-0.15, -0.1) is 11.8 Å². The average Bonchev–Trinajstić information content (AvgIpc) is 2.75. The Bertz CT molecular complexity index is 1200. The van der Waals surface area contributed by atoms with Gasteiger partial charge in [0.1, 0.15) is 11.5 Å². The molecule has 0 unspecified atom stereocenters. The van der Waals surface area contributed by atoms with E-state index in [9.17, 15) is 9.59 Å². The molecule has 0 aliphatic heterocycles. The standard InChI is InChI=1S/C22H16N2O3S/c1-28-15-10-8-14(9-11-15)20-13-19(25)16-5-4-7-17(21(16)27-20)24-22(26)18-6-2-3-12-23-18/h2-13H,1H3,(H,24,26). The van der Waals surface area contributed by atoms with Crippen molar-refractivity contribution in [2.45, 2.75) is 4.90 Å². The molecule has 28 heavy (non-hydrogen) atoms. The van der Waals surface area contributed by atoms with Gasteiger partial charge in [0.15, 0.2) is 11.0 Å². The van der Waals surface area contributed by atoms with Crippen LogP contribution < -0.4 is 10.7 Å². The van der Waals surface area contributed by atoms with Crippen molar-refractivity contribution in [3.8, 4) is 11.3 Å². The Morgan fingerprint density at radius 2 is 1.86 bits per heavy atom. The topological polar surface area (TPSA) is 72.2 Å². The SMILES string of the molecule is CSc1ccc(-c2cc(=O)c3cccc(NC(=O)c4ccccn4)c3o2)cc1. The number of anilines is 1. The maximum atomic E-state index is 12.6. The molecule has 2 aromatic carbocycles. The number of nitrogens with one attached hydrogen (secondary N) is 1. The number of carbonyl (C=O) groups is 1. The Labute approximate surface area is 165 Å². The third-order valence-corrected chi connectivity index (χ3v) is 5.02. The van der Waals surface area contributed by atoms with Crippen LogP contribution in [0.1, 0.15) is 10.5 Å². The van der Waals surface area contributed by atoms with Crippen molar-refractivity contribution in [1.82, 2.24) is 4.98 Å². The molecule has 4 aromatic rings. The number of benzene rings is 2. The van der Waals surface area contributed by atoms with Crippen LogP contribution in [0.15, 0.2) is 87.0 Å². The molecule has 0 saturated heterocycles. The van der Waals surface area contributed by atoms with Gasteiger partial charge in [-0.25, -0.2) is 0 Å². The third-order valence-electron chi connectivity index (χ3n) is 4.27. The van der Waals surface area contributed by atoms with Gasteiger partial charge in [-0.2, -0.15) is 0 Å². The summed E-state index contributed by atoms with van der Waals surface area (Å²) < 4.78 is 6.03. The van der Waals surface area contributed by atoms with E-state index in [1.165, 1.54) is 6.07 Å². The van der Waals surface area contributed by atoms with Gasteiger partial charge in [0, 0.05) is 22.7 Å². The maximum absolute atomic E-state index is 12.6. The molecule has 0 aliphatic rings. The molecule has 0 aliphatic carbocycles. The first-order chi connectivity index (χ1) is 13.7. The van der Waals surface area contributed by atoms with E-state index in [0.717, 1.165) is 10.5 Å². The zero-order chi connectivity index (χ0) is 19.5. The van der Waals surface area contributed by atoms with E-state index in [4.69, 9.17) is 4.42 Å². The van der Waals surface area contributed by atoms with Gasteiger partial charge in [-0.05, 0) is 42.7 Å². The molecule has 1 N–H and O–H groups in total. The van der Waals surface area contributed by atoms with E-state index >= 15 is 0 Å². The molecule has 0 saturated carbocycles. The number of thioether (sulfide) groups is 1. The van der Waals surface area contributed by atoms with Crippen LogP contribution in [0.25, 0.3) is 22.3 Å². The lowest BCUT2D eigenvalue weighted by Crippen LogP contribution is -2.14. The Morgan fingerprint density at radius 1 is 1.04 bits per heavy atom. The van der Waals surface area contributed by atoms with Crippen molar-refractivity contribution in [3.63, 3.8) is 0 Å². The summed E-state index contributed by atoms with van der Waals surface area (Å²) in [7, 11) is 0. The van der Waals surface area contributed by atoms with Crippen molar-refractivity contribution < 1.29 is 9.21 Å². The minimum Gasteiger partial charge on any atom is -0.454 e. The number of rotatable bonds is 4. The van der Waals surface area contributed by atoms with Crippen LogP contribution in [-0.4, -0.2) is 17.1 Å². The summed E-state index contributed by atoms with van der Waals surface area (Å²) in [5, 5.41) is 3.19. The molecule has 2 heterocycles. The van der Waals surface area contributed by atoms with Gasteiger partial charge >= 0.3 is 0 Å². The lowest BCUT2D eigenvalue weighted by Gasteiger charge is -2.09. The average molecular weight is 388 g/mol. The predicted octanol–water partition coefficient (Wildman–Crippen LogP) is 4.83. The van der Waals surface area contributed by atoms with Crippen molar-refractivity contribution in [2.75, 3.05) is 11.6 Å². The summed E-state index contributed by atoms with van der Waals surface area (Å²) in [6.45, 7) is 0. The van der Waals surface area contributed by atoms with Crippen LogP contribution in [0, 0.1) is 0 Å². The Kier molecular flexibility index (Phi) is 4.95. The molecule has 0 bridgehead atoms. The highest BCUT2D eigenvalue weighted by Crippen LogP contribution is 2.28. The molecule has 0 atom stereocenters. The van der Waals surface area contributed by atoms with Gasteiger partial charge in [0.05, 0.1) is 11.1 Å². The molecular weight excluding hydrogens is 372 g/mol. The molecule has 2 aromatic heterocycles. The smallest absolute Gasteiger partial charge is 0.274 e. The number of para-hydroxylation sites is 1. The van der Waals surface area contributed by atoms with Crippen molar-refractivity contribution in [3.05, 3.63) is 88.8 Å². The lowest BCUT2D eigenvalue weighted by molar-refractivity contribution is 0.102. The van der Waals surface area contributed by atoms with Crippen LogP contribution in [-0.2, 0) is 0 Å². The fraction of sp³-hybridized carbons (Fsp3) is 0.0455. The van der Waals surface area contributed by atoms with Crippen LogP contribution in [0.2, 0.25) is 0 Å². The van der Waals surface area contributed by atoms with Gasteiger partial charge in [0.2, 0.25) is 0 Å².